The Labute approximate surface area is 225 Å². The van der Waals surface area contributed by atoms with Crippen molar-refractivity contribution in [3.8, 4) is 11.5 Å². The lowest BCUT2D eigenvalue weighted by atomic mass is 10.0. The molecule has 1 atom stereocenters. The van der Waals surface area contributed by atoms with Gasteiger partial charge in [0.15, 0.2) is 17.2 Å². The second kappa shape index (κ2) is 12.0. The van der Waals surface area contributed by atoms with Crippen LogP contribution in [0.3, 0.4) is 0 Å². The average Bonchev–Trinajstić information content (AvgIpc) is 3.57. The third-order valence-corrected chi connectivity index (χ3v) is 7.45. The molecule has 1 aliphatic carbocycles. The van der Waals surface area contributed by atoms with Gasteiger partial charge in [-0.3, -0.25) is 14.4 Å². The number of nitrogens with two attached hydrogens (primary N) is 2. The maximum absolute atomic E-state index is 14.1. The number of anilines is 1. The Balaban J connectivity index is 1.83. The molecule has 4 rings (SSSR count). The van der Waals surface area contributed by atoms with E-state index < -0.39 is 17.9 Å². The van der Waals surface area contributed by atoms with Crippen LogP contribution in [0.5, 0.6) is 11.5 Å². The molecule has 1 aromatic heterocycles. The molecule has 5 N–H and O–H groups in total. The maximum Gasteiger partial charge on any atom is 0.270 e. The first-order valence-corrected chi connectivity index (χ1v) is 13.0. The van der Waals surface area contributed by atoms with Crippen molar-refractivity contribution in [1.29, 1.82) is 0 Å². The van der Waals surface area contributed by atoms with Gasteiger partial charge in [-0.1, -0.05) is 49.2 Å². The molecule has 2 aromatic carbocycles. The molecule has 1 heterocycles. The van der Waals surface area contributed by atoms with E-state index in [1.807, 2.05) is 30.3 Å². The Morgan fingerprint density at radius 3 is 2.37 bits per heavy atom. The molecule has 0 spiro atoms. The van der Waals surface area contributed by atoms with Crippen LogP contribution in [-0.4, -0.2) is 47.3 Å². The smallest absolute Gasteiger partial charge is 0.270 e. The van der Waals surface area contributed by atoms with Gasteiger partial charge in [-0.05, 0) is 47.6 Å². The Morgan fingerprint density at radius 2 is 1.76 bits per heavy atom. The molecule has 0 bridgehead atoms. The molecule has 0 aliphatic heterocycles. The van der Waals surface area contributed by atoms with Crippen LogP contribution >= 0.6 is 11.5 Å². The molecule has 3 amide bonds. The topological polar surface area (TPSA) is 150 Å². The lowest BCUT2D eigenvalue weighted by molar-refractivity contribution is -0.126. The van der Waals surface area contributed by atoms with Gasteiger partial charge in [0.2, 0.25) is 5.91 Å². The van der Waals surface area contributed by atoms with E-state index in [1.54, 1.807) is 18.2 Å². The van der Waals surface area contributed by atoms with Crippen molar-refractivity contribution in [2.45, 2.75) is 44.3 Å². The first-order chi connectivity index (χ1) is 18.3. The first kappa shape index (κ1) is 26.9. The molecule has 0 unspecified atom stereocenters. The minimum Gasteiger partial charge on any atom is -0.493 e. The number of aromatic nitrogens is 1. The van der Waals surface area contributed by atoms with E-state index in [4.69, 9.17) is 20.9 Å². The summed E-state index contributed by atoms with van der Waals surface area (Å²) < 4.78 is 14.9. The summed E-state index contributed by atoms with van der Waals surface area (Å²) in [6.07, 6.45) is 3.82. The highest BCUT2D eigenvalue weighted by Crippen LogP contribution is 2.35. The summed E-state index contributed by atoms with van der Waals surface area (Å²) in [4.78, 5) is 41.2. The molecule has 0 saturated heterocycles. The number of methoxy groups -OCH3 is 2. The van der Waals surface area contributed by atoms with Gasteiger partial charge < -0.3 is 31.2 Å². The van der Waals surface area contributed by atoms with Crippen LogP contribution in [-0.2, 0) is 11.3 Å². The third-order valence-electron chi connectivity index (χ3n) is 6.60. The molecule has 0 radical (unpaired) electrons. The van der Waals surface area contributed by atoms with Crippen LogP contribution in [0.2, 0.25) is 0 Å². The highest BCUT2D eigenvalue weighted by Gasteiger charge is 2.36. The number of hydrogen-bond donors (Lipinski definition) is 3. The van der Waals surface area contributed by atoms with Gasteiger partial charge in [-0.15, -0.1) is 0 Å². The number of rotatable bonds is 10. The average molecular weight is 538 g/mol. The fraction of sp³-hybridized carbons (Fsp3) is 0.333. The Kier molecular flexibility index (Phi) is 8.47. The summed E-state index contributed by atoms with van der Waals surface area (Å²) in [6, 6.07) is 13.4. The molecule has 200 valence electrons. The number of hydrogen-bond acceptors (Lipinski definition) is 8. The molecule has 3 aromatic rings. The van der Waals surface area contributed by atoms with E-state index in [2.05, 4.69) is 9.69 Å². The van der Waals surface area contributed by atoms with E-state index in [1.165, 1.54) is 19.1 Å². The van der Waals surface area contributed by atoms with Gasteiger partial charge in [0, 0.05) is 12.6 Å². The lowest BCUT2D eigenvalue weighted by Crippen LogP contribution is -2.45. The number of amides is 3. The van der Waals surface area contributed by atoms with Gasteiger partial charge >= 0.3 is 0 Å². The van der Waals surface area contributed by atoms with Crippen molar-refractivity contribution in [2.24, 2.45) is 5.73 Å². The Hall–Kier alpha value is -4.12. The predicted octanol–water partition coefficient (Wildman–Crippen LogP) is 3.28. The van der Waals surface area contributed by atoms with Crippen LogP contribution in [0.15, 0.2) is 48.5 Å². The van der Waals surface area contributed by atoms with Gasteiger partial charge in [0.05, 0.1) is 19.9 Å². The Bertz CT molecular complexity index is 1310. The largest absolute Gasteiger partial charge is 0.493 e. The van der Waals surface area contributed by atoms with Crippen LogP contribution in [0, 0.1) is 0 Å². The van der Waals surface area contributed by atoms with Crippen LogP contribution in [0.1, 0.15) is 63.0 Å². The van der Waals surface area contributed by atoms with Crippen molar-refractivity contribution >= 4 is 34.9 Å². The zero-order chi connectivity index (χ0) is 27.2. The standard InChI is InChI=1S/C27H31N5O5S/c1-36-19-13-12-17(14-20(19)37-2)23(26(34)30-18-10-6-7-11-18)32(15-16-8-4-3-5-9-16)27(35)24-21(28)22(25(29)33)31-38-24/h3-5,8-9,12-14,18,23H,6-7,10-11,15,28H2,1-2H3,(H2,29,33)(H,30,34)/t23-/m1/s1. The van der Waals surface area contributed by atoms with Crippen molar-refractivity contribution < 1.29 is 23.9 Å². The SMILES string of the molecule is COc1ccc([C@H](C(=O)NC2CCCC2)N(Cc2ccccc2)C(=O)c2snc(C(N)=O)c2N)cc1OC. The summed E-state index contributed by atoms with van der Waals surface area (Å²) >= 11 is 0.779. The molecule has 11 heteroatoms. The fourth-order valence-corrected chi connectivity index (χ4v) is 5.43. The molecule has 10 nitrogen and oxygen atoms in total. The van der Waals surface area contributed by atoms with E-state index in [0.29, 0.717) is 17.1 Å². The summed E-state index contributed by atoms with van der Waals surface area (Å²) in [7, 11) is 3.03. The second-order valence-corrected chi connectivity index (χ2v) is 9.84. The molecular formula is C27H31N5O5S. The van der Waals surface area contributed by atoms with Crippen LogP contribution < -0.4 is 26.3 Å². The molecule has 1 fully saturated rings. The summed E-state index contributed by atoms with van der Waals surface area (Å²) in [5, 5.41) is 3.13. The predicted molar refractivity (Wildman–Crippen MR) is 144 cm³/mol. The number of nitrogen functional groups attached to an aromatic ring is 1. The van der Waals surface area contributed by atoms with Crippen molar-refractivity contribution in [3.63, 3.8) is 0 Å². The number of nitrogens with zero attached hydrogens (tertiary/aromatic N) is 2. The Morgan fingerprint density at radius 1 is 1.08 bits per heavy atom. The second-order valence-electron chi connectivity index (χ2n) is 9.06. The highest BCUT2D eigenvalue weighted by atomic mass is 32.1. The minimum absolute atomic E-state index is 0.0220. The van der Waals surface area contributed by atoms with Crippen molar-refractivity contribution in [1.82, 2.24) is 14.6 Å². The number of ether oxygens (including phenoxy) is 2. The number of primary amides is 1. The summed E-state index contributed by atoms with van der Waals surface area (Å²) in [5.41, 5.74) is 12.6. The van der Waals surface area contributed by atoms with Gasteiger partial charge in [-0.2, -0.15) is 4.37 Å². The van der Waals surface area contributed by atoms with Gasteiger partial charge in [0.1, 0.15) is 10.9 Å². The molecule has 1 aliphatic rings. The van der Waals surface area contributed by atoms with Gasteiger partial charge in [0.25, 0.3) is 11.8 Å². The van der Waals surface area contributed by atoms with E-state index >= 15 is 0 Å². The van der Waals surface area contributed by atoms with Crippen molar-refractivity contribution in [3.05, 3.63) is 70.2 Å². The number of carbonyl (C=O) groups is 3. The van der Waals surface area contributed by atoms with Crippen LogP contribution in [0.4, 0.5) is 5.69 Å². The van der Waals surface area contributed by atoms with Crippen molar-refractivity contribution in [2.75, 3.05) is 20.0 Å². The van der Waals surface area contributed by atoms with E-state index in [0.717, 1.165) is 42.8 Å². The van der Waals surface area contributed by atoms with E-state index in [-0.39, 0.29) is 34.8 Å². The maximum atomic E-state index is 14.1. The number of nitrogens with one attached hydrogen (secondary N) is 1. The first-order valence-electron chi connectivity index (χ1n) is 12.3. The highest BCUT2D eigenvalue weighted by molar-refractivity contribution is 7.09. The normalized spacial score (nSPS) is 14.1. The number of carbonyl (C=O) groups excluding carboxylic acids is 3. The van der Waals surface area contributed by atoms with Crippen LogP contribution in [0.25, 0.3) is 0 Å². The number of benzene rings is 2. The summed E-state index contributed by atoms with van der Waals surface area (Å²) in [5.74, 6) is -0.791. The fourth-order valence-electron chi connectivity index (χ4n) is 4.67. The molecular weight excluding hydrogens is 506 g/mol. The van der Waals surface area contributed by atoms with Gasteiger partial charge in [-0.25, -0.2) is 0 Å². The monoisotopic (exact) mass is 537 g/mol. The minimum atomic E-state index is -1.04. The zero-order valence-electron chi connectivity index (χ0n) is 21.3. The lowest BCUT2D eigenvalue weighted by Gasteiger charge is -2.32. The molecule has 38 heavy (non-hydrogen) atoms. The molecule has 1 saturated carbocycles. The summed E-state index contributed by atoms with van der Waals surface area (Å²) in [6.45, 7) is 0.0972. The van der Waals surface area contributed by atoms with E-state index in [9.17, 15) is 14.4 Å². The zero-order valence-corrected chi connectivity index (χ0v) is 22.1. The quantitative estimate of drug-likeness (QED) is 0.359. The third kappa shape index (κ3) is 5.72.